The van der Waals surface area contributed by atoms with Gasteiger partial charge in [-0.2, -0.15) is 0 Å². The van der Waals surface area contributed by atoms with Gasteiger partial charge >= 0.3 is 0 Å². The molecule has 0 aliphatic carbocycles. The van der Waals surface area contributed by atoms with Crippen LogP contribution in [0.2, 0.25) is 0 Å². The van der Waals surface area contributed by atoms with Crippen LogP contribution in [0.1, 0.15) is 30.5 Å². The Kier molecular flexibility index (Phi) is 8.87. The molecule has 180 valence electrons. The number of amides is 2. The predicted molar refractivity (Wildman–Crippen MR) is 130 cm³/mol. The number of benzene rings is 2. The zero-order valence-corrected chi connectivity index (χ0v) is 20.9. The molecule has 0 radical (unpaired) electrons. The Morgan fingerprint density at radius 2 is 1.82 bits per heavy atom. The van der Waals surface area contributed by atoms with Gasteiger partial charge in [0.05, 0.1) is 19.1 Å². The van der Waals surface area contributed by atoms with Gasteiger partial charge in [0.1, 0.15) is 18.3 Å². The number of sulfonamides is 1. The first kappa shape index (κ1) is 26.2. The standard InChI is InChI=1S/C24H33N3O5S/c1-7-25-24(29)19(4)26(15-20-9-8-10-21(14-20)32-5)23(28)16-27(33(6,30)31)22-12-11-17(2)13-18(22)3/h8-14,19H,7,15-16H2,1-6H3,(H,25,29)/t19-/m1/s1. The van der Waals surface area contributed by atoms with Gasteiger partial charge in [0, 0.05) is 13.1 Å². The van der Waals surface area contributed by atoms with Crippen molar-refractivity contribution in [3.63, 3.8) is 0 Å². The molecule has 9 heteroatoms. The Labute approximate surface area is 196 Å². The van der Waals surface area contributed by atoms with Crippen molar-refractivity contribution >= 4 is 27.5 Å². The van der Waals surface area contributed by atoms with E-state index in [0.717, 1.165) is 27.3 Å². The Morgan fingerprint density at radius 3 is 2.39 bits per heavy atom. The average Bonchev–Trinajstić information content (AvgIpc) is 2.75. The van der Waals surface area contributed by atoms with Gasteiger partial charge < -0.3 is 15.0 Å². The van der Waals surface area contributed by atoms with Crippen molar-refractivity contribution in [1.82, 2.24) is 10.2 Å². The monoisotopic (exact) mass is 475 g/mol. The summed E-state index contributed by atoms with van der Waals surface area (Å²) in [6.45, 7) is 7.26. The highest BCUT2D eigenvalue weighted by Crippen LogP contribution is 2.24. The lowest BCUT2D eigenvalue weighted by molar-refractivity contribution is -0.139. The number of likely N-dealkylation sites (N-methyl/N-ethyl adjacent to an activating group) is 1. The van der Waals surface area contributed by atoms with Crippen molar-refractivity contribution in [2.75, 3.05) is 30.8 Å². The minimum atomic E-state index is -3.76. The van der Waals surface area contributed by atoms with Crippen LogP contribution in [-0.4, -0.2) is 57.6 Å². The highest BCUT2D eigenvalue weighted by atomic mass is 32.2. The molecule has 2 aromatic rings. The molecule has 0 aliphatic heterocycles. The van der Waals surface area contributed by atoms with Crippen LogP contribution < -0.4 is 14.4 Å². The fourth-order valence-corrected chi connectivity index (χ4v) is 4.46. The van der Waals surface area contributed by atoms with Gasteiger partial charge in [0.25, 0.3) is 0 Å². The molecule has 0 fully saturated rings. The van der Waals surface area contributed by atoms with Crippen molar-refractivity contribution in [1.29, 1.82) is 0 Å². The second-order valence-corrected chi connectivity index (χ2v) is 9.91. The highest BCUT2D eigenvalue weighted by Gasteiger charge is 2.30. The molecular weight excluding hydrogens is 442 g/mol. The second-order valence-electron chi connectivity index (χ2n) is 8.00. The van der Waals surface area contributed by atoms with E-state index in [2.05, 4.69) is 5.32 Å². The summed E-state index contributed by atoms with van der Waals surface area (Å²) in [4.78, 5) is 27.4. The lowest BCUT2D eigenvalue weighted by Gasteiger charge is -2.32. The minimum Gasteiger partial charge on any atom is -0.497 e. The minimum absolute atomic E-state index is 0.124. The third-order valence-corrected chi connectivity index (χ3v) is 6.43. The SMILES string of the molecule is CCNC(=O)[C@@H](C)N(Cc1cccc(OC)c1)C(=O)CN(c1ccc(C)cc1C)S(C)(=O)=O. The van der Waals surface area contributed by atoms with Gasteiger partial charge in [-0.25, -0.2) is 8.42 Å². The van der Waals surface area contributed by atoms with E-state index in [1.807, 2.05) is 19.1 Å². The van der Waals surface area contributed by atoms with Crippen molar-refractivity contribution in [2.24, 2.45) is 0 Å². The second kappa shape index (κ2) is 11.2. The lowest BCUT2D eigenvalue weighted by Crippen LogP contribution is -2.51. The number of rotatable bonds is 10. The summed E-state index contributed by atoms with van der Waals surface area (Å²) >= 11 is 0. The van der Waals surface area contributed by atoms with Crippen LogP contribution in [0.4, 0.5) is 5.69 Å². The van der Waals surface area contributed by atoms with Crippen LogP contribution in [0.5, 0.6) is 5.75 Å². The number of carbonyl (C=O) groups excluding carboxylic acids is 2. The summed E-state index contributed by atoms with van der Waals surface area (Å²) < 4.78 is 31.6. The summed E-state index contributed by atoms with van der Waals surface area (Å²) in [5, 5.41) is 2.73. The fourth-order valence-electron chi connectivity index (χ4n) is 3.55. The number of hydrogen-bond donors (Lipinski definition) is 1. The Bertz CT molecular complexity index is 1100. The third-order valence-electron chi connectivity index (χ3n) is 5.31. The van der Waals surface area contributed by atoms with Crippen LogP contribution in [-0.2, 0) is 26.2 Å². The van der Waals surface area contributed by atoms with Crippen LogP contribution in [0, 0.1) is 13.8 Å². The Hall–Kier alpha value is -3.07. The topological polar surface area (TPSA) is 96.0 Å². The molecule has 33 heavy (non-hydrogen) atoms. The van der Waals surface area contributed by atoms with E-state index in [0.29, 0.717) is 18.0 Å². The molecule has 0 unspecified atom stereocenters. The molecule has 0 spiro atoms. The van der Waals surface area contributed by atoms with E-state index in [4.69, 9.17) is 4.74 Å². The average molecular weight is 476 g/mol. The molecule has 2 amide bonds. The van der Waals surface area contributed by atoms with Crippen molar-refractivity contribution < 1.29 is 22.7 Å². The van der Waals surface area contributed by atoms with E-state index < -0.39 is 28.5 Å². The number of anilines is 1. The summed E-state index contributed by atoms with van der Waals surface area (Å²) in [5.74, 6) is -0.174. The quantitative estimate of drug-likeness (QED) is 0.570. The van der Waals surface area contributed by atoms with E-state index in [-0.39, 0.29) is 12.5 Å². The Morgan fingerprint density at radius 1 is 1.12 bits per heavy atom. The molecule has 0 saturated heterocycles. The molecule has 2 rings (SSSR count). The first-order chi connectivity index (χ1) is 15.5. The number of hydrogen-bond acceptors (Lipinski definition) is 5. The first-order valence-electron chi connectivity index (χ1n) is 10.7. The predicted octanol–water partition coefficient (Wildman–Crippen LogP) is 2.63. The van der Waals surface area contributed by atoms with Crippen LogP contribution in [0.3, 0.4) is 0 Å². The number of methoxy groups -OCH3 is 1. The molecule has 0 aliphatic rings. The smallest absolute Gasteiger partial charge is 0.244 e. The summed E-state index contributed by atoms with van der Waals surface area (Å²) in [6.07, 6.45) is 1.07. The van der Waals surface area contributed by atoms with E-state index in [9.17, 15) is 18.0 Å². The van der Waals surface area contributed by atoms with Gasteiger partial charge in [0.15, 0.2) is 0 Å². The van der Waals surface area contributed by atoms with Crippen LogP contribution >= 0.6 is 0 Å². The first-order valence-corrected chi connectivity index (χ1v) is 12.6. The summed E-state index contributed by atoms with van der Waals surface area (Å²) in [7, 11) is -2.21. The third kappa shape index (κ3) is 6.95. The van der Waals surface area contributed by atoms with Gasteiger partial charge in [-0.05, 0) is 57.0 Å². The van der Waals surface area contributed by atoms with E-state index in [1.165, 1.54) is 4.90 Å². The molecular formula is C24H33N3O5S. The molecule has 0 heterocycles. The van der Waals surface area contributed by atoms with Gasteiger partial charge in [-0.3, -0.25) is 13.9 Å². The number of aryl methyl sites for hydroxylation is 2. The van der Waals surface area contributed by atoms with Crippen molar-refractivity contribution in [3.8, 4) is 5.75 Å². The largest absolute Gasteiger partial charge is 0.497 e. The van der Waals surface area contributed by atoms with E-state index >= 15 is 0 Å². The maximum absolute atomic E-state index is 13.5. The van der Waals surface area contributed by atoms with Gasteiger partial charge in [-0.1, -0.05) is 29.8 Å². The maximum Gasteiger partial charge on any atom is 0.244 e. The normalized spacial score (nSPS) is 12.1. The number of nitrogens with zero attached hydrogens (tertiary/aromatic N) is 2. The summed E-state index contributed by atoms with van der Waals surface area (Å²) in [5.41, 5.74) is 2.92. The van der Waals surface area contributed by atoms with Crippen LogP contribution in [0.25, 0.3) is 0 Å². The molecule has 8 nitrogen and oxygen atoms in total. The zero-order chi connectivity index (χ0) is 24.8. The molecule has 0 saturated carbocycles. The number of ether oxygens (including phenoxy) is 1. The highest BCUT2D eigenvalue weighted by molar-refractivity contribution is 7.92. The molecule has 1 N–H and O–H groups in total. The molecule has 1 atom stereocenters. The Balaban J connectivity index is 2.42. The van der Waals surface area contributed by atoms with Gasteiger partial charge in [-0.15, -0.1) is 0 Å². The lowest BCUT2D eigenvalue weighted by atomic mass is 10.1. The van der Waals surface area contributed by atoms with Gasteiger partial charge in [0.2, 0.25) is 21.8 Å². The number of carbonyl (C=O) groups is 2. The van der Waals surface area contributed by atoms with Crippen LogP contribution in [0.15, 0.2) is 42.5 Å². The zero-order valence-electron chi connectivity index (χ0n) is 20.1. The summed E-state index contributed by atoms with van der Waals surface area (Å²) in [6, 6.07) is 11.7. The van der Waals surface area contributed by atoms with Crippen molar-refractivity contribution in [2.45, 2.75) is 40.3 Å². The molecule has 0 bridgehead atoms. The molecule has 2 aromatic carbocycles. The maximum atomic E-state index is 13.5. The molecule has 0 aromatic heterocycles. The number of nitrogens with one attached hydrogen (secondary N) is 1. The van der Waals surface area contributed by atoms with Crippen molar-refractivity contribution in [3.05, 3.63) is 59.2 Å². The van der Waals surface area contributed by atoms with E-state index in [1.54, 1.807) is 58.2 Å². The fraction of sp³-hybridized carbons (Fsp3) is 0.417.